The Morgan fingerprint density at radius 2 is 1.67 bits per heavy atom. The van der Waals surface area contributed by atoms with Gasteiger partial charge in [-0.1, -0.05) is 11.6 Å². The fourth-order valence-electron chi connectivity index (χ4n) is 1.77. The van der Waals surface area contributed by atoms with Crippen molar-refractivity contribution >= 4 is 28.9 Å². The Kier molecular flexibility index (Phi) is 5.60. The van der Waals surface area contributed by atoms with E-state index in [0.717, 1.165) is 17.9 Å². The van der Waals surface area contributed by atoms with Gasteiger partial charge in [-0.15, -0.1) is 0 Å². The number of amides is 1. The molecule has 0 saturated heterocycles. The zero-order valence-electron chi connectivity index (χ0n) is 11.7. The maximum absolute atomic E-state index is 12.0. The Bertz CT molecular complexity index is 582. The minimum Gasteiger partial charge on any atom is -0.383 e. The minimum atomic E-state index is -0.160. The van der Waals surface area contributed by atoms with Gasteiger partial charge in [-0.3, -0.25) is 4.79 Å². The number of carbonyl (C=O) groups excluding carboxylic acids is 1. The number of ether oxygens (including phenoxy) is 1. The average Bonchev–Trinajstić information content (AvgIpc) is 2.50. The molecule has 0 fully saturated rings. The zero-order valence-corrected chi connectivity index (χ0v) is 12.5. The summed E-state index contributed by atoms with van der Waals surface area (Å²) in [4.78, 5) is 12.0. The van der Waals surface area contributed by atoms with E-state index in [1.807, 2.05) is 24.3 Å². The van der Waals surface area contributed by atoms with Crippen LogP contribution in [0.3, 0.4) is 0 Å². The van der Waals surface area contributed by atoms with E-state index in [1.54, 1.807) is 31.4 Å². The van der Waals surface area contributed by atoms with E-state index in [-0.39, 0.29) is 5.91 Å². The fraction of sp³-hybridized carbons (Fsp3) is 0.188. The standard InChI is InChI=1S/C16H17ClN2O2/c1-21-11-10-18-14-6-8-15(9-7-14)19-16(20)12-2-4-13(17)5-3-12/h2-9,18H,10-11H2,1H3,(H,19,20). The first-order valence-electron chi connectivity index (χ1n) is 6.59. The van der Waals surface area contributed by atoms with E-state index in [9.17, 15) is 4.79 Å². The lowest BCUT2D eigenvalue weighted by Gasteiger charge is -2.08. The number of hydrogen-bond donors (Lipinski definition) is 2. The lowest BCUT2D eigenvalue weighted by atomic mass is 10.2. The van der Waals surface area contributed by atoms with E-state index in [4.69, 9.17) is 16.3 Å². The fourth-order valence-corrected chi connectivity index (χ4v) is 1.90. The van der Waals surface area contributed by atoms with E-state index in [1.165, 1.54) is 0 Å². The molecule has 2 N–H and O–H groups in total. The van der Waals surface area contributed by atoms with Gasteiger partial charge in [0.15, 0.2) is 0 Å². The Hall–Kier alpha value is -2.04. The summed E-state index contributed by atoms with van der Waals surface area (Å²) < 4.78 is 4.97. The van der Waals surface area contributed by atoms with Crippen molar-refractivity contribution in [1.29, 1.82) is 0 Å². The lowest BCUT2D eigenvalue weighted by Crippen LogP contribution is -2.12. The van der Waals surface area contributed by atoms with Crippen LogP contribution in [0.4, 0.5) is 11.4 Å². The molecule has 0 saturated carbocycles. The Balaban J connectivity index is 1.93. The number of nitrogens with one attached hydrogen (secondary N) is 2. The third-order valence-corrected chi connectivity index (χ3v) is 3.14. The molecule has 2 aromatic carbocycles. The van der Waals surface area contributed by atoms with Crippen LogP contribution >= 0.6 is 11.6 Å². The number of hydrogen-bond acceptors (Lipinski definition) is 3. The Morgan fingerprint density at radius 3 is 2.29 bits per heavy atom. The summed E-state index contributed by atoms with van der Waals surface area (Å²) in [6.45, 7) is 1.39. The van der Waals surface area contributed by atoms with Crippen molar-refractivity contribution in [3.8, 4) is 0 Å². The van der Waals surface area contributed by atoms with Crippen LogP contribution in [0, 0.1) is 0 Å². The van der Waals surface area contributed by atoms with Crippen LogP contribution in [0.5, 0.6) is 0 Å². The molecule has 0 bridgehead atoms. The molecule has 0 aliphatic carbocycles. The van der Waals surface area contributed by atoms with Gasteiger partial charge in [0.25, 0.3) is 5.91 Å². The summed E-state index contributed by atoms with van der Waals surface area (Å²) >= 11 is 5.80. The van der Waals surface area contributed by atoms with Crippen LogP contribution in [0.25, 0.3) is 0 Å². The molecule has 0 aromatic heterocycles. The number of carbonyl (C=O) groups is 1. The van der Waals surface area contributed by atoms with Crippen molar-refractivity contribution in [2.24, 2.45) is 0 Å². The minimum absolute atomic E-state index is 0.160. The molecule has 0 spiro atoms. The van der Waals surface area contributed by atoms with Gasteiger partial charge in [0.05, 0.1) is 6.61 Å². The summed E-state index contributed by atoms with van der Waals surface area (Å²) in [6, 6.07) is 14.3. The molecule has 21 heavy (non-hydrogen) atoms. The van der Waals surface area contributed by atoms with E-state index >= 15 is 0 Å². The van der Waals surface area contributed by atoms with E-state index in [2.05, 4.69) is 10.6 Å². The van der Waals surface area contributed by atoms with Crippen LogP contribution in [-0.4, -0.2) is 26.2 Å². The van der Waals surface area contributed by atoms with Gasteiger partial charge in [0, 0.05) is 35.6 Å². The smallest absolute Gasteiger partial charge is 0.255 e. The second-order valence-corrected chi connectivity index (χ2v) is 4.89. The number of rotatable bonds is 6. The Morgan fingerprint density at radius 1 is 1.05 bits per heavy atom. The molecule has 1 amide bonds. The van der Waals surface area contributed by atoms with Gasteiger partial charge in [0.2, 0.25) is 0 Å². The summed E-state index contributed by atoms with van der Waals surface area (Å²) in [7, 11) is 1.66. The zero-order chi connectivity index (χ0) is 15.1. The monoisotopic (exact) mass is 304 g/mol. The predicted octanol–water partition coefficient (Wildman–Crippen LogP) is 3.65. The maximum atomic E-state index is 12.0. The van der Waals surface area contributed by atoms with Crippen molar-refractivity contribution in [3.63, 3.8) is 0 Å². The lowest BCUT2D eigenvalue weighted by molar-refractivity contribution is 0.102. The average molecular weight is 305 g/mol. The number of benzene rings is 2. The van der Waals surface area contributed by atoms with Crippen molar-refractivity contribution in [3.05, 3.63) is 59.1 Å². The third kappa shape index (κ3) is 4.77. The first-order chi connectivity index (χ1) is 10.2. The molecule has 4 nitrogen and oxygen atoms in total. The van der Waals surface area contributed by atoms with Crippen molar-refractivity contribution in [2.45, 2.75) is 0 Å². The highest BCUT2D eigenvalue weighted by Crippen LogP contribution is 2.15. The largest absolute Gasteiger partial charge is 0.383 e. The molecule has 2 aromatic rings. The van der Waals surface area contributed by atoms with Crippen molar-refractivity contribution in [1.82, 2.24) is 0 Å². The summed E-state index contributed by atoms with van der Waals surface area (Å²) in [5.74, 6) is -0.160. The predicted molar refractivity (Wildman–Crippen MR) is 86.2 cm³/mol. The first-order valence-corrected chi connectivity index (χ1v) is 6.96. The Labute approximate surface area is 129 Å². The van der Waals surface area contributed by atoms with Crippen molar-refractivity contribution < 1.29 is 9.53 Å². The summed E-state index contributed by atoms with van der Waals surface area (Å²) in [5, 5.41) is 6.66. The molecular weight excluding hydrogens is 288 g/mol. The highest BCUT2D eigenvalue weighted by Gasteiger charge is 2.05. The molecule has 0 aliphatic heterocycles. The van der Waals surface area contributed by atoms with Gasteiger partial charge >= 0.3 is 0 Å². The molecular formula is C16H17ClN2O2. The van der Waals surface area contributed by atoms with Crippen LogP contribution in [-0.2, 0) is 4.74 Å². The molecule has 0 atom stereocenters. The van der Waals surface area contributed by atoms with Crippen LogP contribution < -0.4 is 10.6 Å². The second-order valence-electron chi connectivity index (χ2n) is 4.46. The van der Waals surface area contributed by atoms with E-state index in [0.29, 0.717) is 17.2 Å². The number of methoxy groups -OCH3 is 1. The van der Waals surface area contributed by atoms with Crippen molar-refractivity contribution in [2.75, 3.05) is 30.9 Å². The number of halogens is 1. The van der Waals surface area contributed by atoms with Gasteiger partial charge in [-0.05, 0) is 48.5 Å². The van der Waals surface area contributed by atoms with Crippen LogP contribution in [0.15, 0.2) is 48.5 Å². The molecule has 0 aliphatic rings. The van der Waals surface area contributed by atoms with Crippen LogP contribution in [0.1, 0.15) is 10.4 Å². The molecule has 0 radical (unpaired) electrons. The second kappa shape index (κ2) is 7.67. The quantitative estimate of drug-likeness (QED) is 0.801. The van der Waals surface area contributed by atoms with Crippen LogP contribution in [0.2, 0.25) is 5.02 Å². The van der Waals surface area contributed by atoms with Gasteiger partial charge in [-0.25, -0.2) is 0 Å². The highest BCUT2D eigenvalue weighted by atomic mass is 35.5. The van der Waals surface area contributed by atoms with E-state index < -0.39 is 0 Å². The topological polar surface area (TPSA) is 50.4 Å². The normalized spacial score (nSPS) is 10.2. The third-order valence-electron chi connectivity index (χ3n) is 2.88. The summed E-state index contributed by atoms with van der Waals surface area (Å²) in [6.07, 6.45) is 0. The number of anilines is 2. The first kappa shape index (κ1) is 15.4. The SMILES string of the molecule is COCCNc1ccc(NC(=O)c2ccc(Cl)cc2)cc1. The molecule has 110 valence electrons. The van der Waals surface area contributed by atoms with Gasteiger partial charge in [0.1, 0.15) is 0 Å². The van der Waals surface area contributed by atoms with Gasteiger partial charge in [-0.2, -0.15) is 0 Å². The highest BCUT2D eigenvalue weighted by molar-refractivity contribution is 6.30. The maximum Gasteiger partial charge on any atom is 0.255 e. The molecule has 0 unspecified atom stereocenters. The summed E-state index contributed by atoms with van der Waals surface area (Å²) in [5.41, 5.74) is 2.30. The molecule has 5 heteroatoms. The molecule has 0 heterocycles. The molecule has 2 rings (SSSR count). The van der Waals surface area contributed by atoms with Gasteiger partial charge < -0.3 is 15.4 Å².